The van der Waals surface area contributed by atoms with Crippen molar-refractivity contribution in [2.75, 3.05) is 13.7 Å². The summed E-state index contributed by atoms with van der Waals surface area (Å²) in [6.45, 7) is 7.72. The monoisotopic (exact) mass is 368 g/mol. The van der Waals surface area contributed by atoms with Gasteiger partial charge in [0, 0.05) is 17.3 Å². The predicted octanol–water partition coefficient (Wildman–Crippen LogP) is 4.40. The van der Waals surface area contributed by atoms with Crippen molar-refractivity contribution >= 4 is 0 Å². The molecule has 3 aliphatic heterocycles. The molecule has 0 N–H and O–H groups in total. The van der Waals surface area contributed by atoms with Crippen LogP contribution >= 0.6 is 0 Å². The molecular weight excluding hydrogens is 340 g/mol. The van der Waals surface area contributed by atoms with Gasteiger partial charge in [-0.05, 0) is 37.0 Å². The molecule has 4 fully saturated rings. The maximum Gasteiger partial charge on any atom is 0.168 e. The van der Waals surface area contributed by atoms with Gasteiger partial charge in [-0.3, -0.25) is 0 Å². The first kappa shape index (κ1) is 17.5. The van der Waals surface area contributed by atoms with E-state index in [1.54, 1.807) is 7.11 Å². The fraction of sp³-hybridized carbons (Fsp3) is 0.565. The first-order valence-corrected chi connectivity index (χ1v) is 9.91. The second-order valence-corrected chi connectivity index (χ2v) is 8.82. The summed E-state index contributed by atoms with van der Waals surface area (Å²) in [7, 11) is 1.68. The Morgan fingerprint density at radius 1 is 1.22 bits per heavy atom. The Balaban J connectivity index is 1.35. The zero-order valence-electron chi connectivity index (χ0n) is 16.2. The Morgan fingerprint density at radius 2 is 2.04 bits per heavy atom. The van der Waals surface area contributed by atoms with E-state index in [-0.39, 0.29) is 22.7 Å². The average molecular weight is 368 g/mol. The molecule has 144 valence electrons. The Labute approximate surface area is 161 Å². The van der Waals surface area contributed by atoms with Crippen molar-refractivity contribution in [3.8, 4) is 5.75 Å². The molecule has 5 atom stereocenters. The van der Waals surface area contributed by atoms with Crippen molar-refractivity contribution in [3.63, 3.8) is 0 Å². The van der Waals surface area contributed by atoms with Gasteiger partial charge >= 0.3 is 0 Å². The van der Waals surface area contributed by atoms with Crippen LogP contribution in [0.3, 0.4) is 0 Å². The number of rotatable bonds is 5. The summed E-state index contributed by atoms with van der Waals surface area (Å²) in [6, 6.07) is 8.05. The normalized spacial score (nSPS) is 41.6. The molecule has 4 nitrogen and oxygen atoms in total. The molecule has 2 aliphatic carbocycles. The SMILES string of the molecule is C=C1C=C[C@@]2(CC1)[C@@H]1O[C@H]3C[C@@](COCc4ccc(OC)cc4)(O1)[C@]2(C)C3. The van der Waals surface area contributed by atoms with Crippen molar-refractivity contribution in [2.24, 2.45) is 10.8 Å². The molecular formula is C23H28O4. The second-order valence-electron chi connectivity index (χ2n) is 8.82. The lowest BCUT2D eigenvalue weighted by Gasteiger charge is -2.48. The van der Waals surface area contributed by atoms with Gasteiger partial charge < -0.3 is 18.9 Å². The molecule has 4 heteroatoms. The standard InChI is InChI=1S/C23H28O4/c1-16-8-10-22(11-9-16)20-26-19-12-21(22,2)23(13-19,27-20)15-25-14-17-4-6-18(24-3)7-5-17/h4-8,10,19-20H,1,9,11-15H2,2-3H3/t19-,20-,21-,22-,23+/m1/s1. The van der Waals surface area contributed by atoms with Crippen LogP contribution in [0, 0.1) is 10.8 Å². The Hall–Kier alpha value is -1.62. The third-order valence-corrected chi connectivity index (χ3v) is 7.53. The van der Waals surface area contributed by atoms with Crippen LogP contribution in [0.4, 0.5) is 0 Å². The Kier molecular flexibility index (Phi) is 3.84. The molecule has 1 spiro atoms. The van der Waals surface area contributed by atoms with Crippen molar-refractivity contribution in [1.82, 2.24) is 0 Å². The second kappa shape index (κ2) is 5.94. The molecule has 1 aromatic carbocycles. The minimum absolute atomic E-state index is 0.0463. The first-order chi connectivity index (χ1) is 13.0. The maximum atomic E-state index is 6.60. The summed E-state index contributed by atoms with van der Waals surface area (Å²) >= 11 is 0. The Bertz CT molecular complexity index is 784. The van der Waals surface area contributed by atoms with Crippen molar-refractivity contribution < 1.29 is 18.9 Å². The molecule has 1 saturated carbocycles. The van der Waals surface area contributed by atoms with E-state index < -0.39 is 0 Å². The summed E-state index contributed by atoms with van der Waals surface area (Å²) in [5, 5.41) is 0. The average Bonchev–Trinajstić information content (AvgIpc) is 2.95. The van der Waals surface area contributed by atoms with Crippen molar-refractivity contribution in [1.29, 1.82) is 0 Å². The van der Waals surface area contributed by atoms with Gasteiger partial charge in [0.15, 0.2) is 6.29 Å². The van der Waals surface area contributed by atoms with E-state index in [9.17, 15) is 0 Å². The molecule has 1 aromatic rings. The fourth-order valence-corrected chi connectivity index (χ4v) is 5.85. The molecule has 0 radical (unpaired) electrons. The zero-order chi connectivity index (χ0) is 18.7. The number of hydrogen-bond donors (Lipinski definition) is 0. The molecule has 27 heavy (non-hydrogen) atoms. The van der Waals surface area contributed by atoms with Gasteiger partial charge in [0.25, 0.3) is 0 Å². The van der Waals surface area contributed by atoms with Crippen LogP contribution < -0.4 is 4.74 Å². The summed E-state index contributed by atoms with van der Waals surface area (Å²) in [4.78, 5) is 0. The molecule has 3 saturated heterocycles. The van der Waals surface area contributed by atoms with Gasteiger partial charge in [-0.25, -0.2) is 0 Å². The van der Waals surface area contributed by atoms with Gasteiger partial charge in [-0.1, -0.05) is 43.4 Å². The minimum atomic E-state index is -0.254. The Morgan fingerprint density at radius 3 is 2.74 bits per heavy atom. The summed E-state index contributed by atoms with van der Waals surface area (Å²) in [5.74, 6) is 0.865. The number of methoxy groups -OCH3 is 1. The lowest BCUT2D eigenvalue weighted by atomic mass is 9.55. The fourth-order valence-electron chi connectivity index (χ4n) is 5.85. The van der Waals surface area contributed by atoms with E-state index in [1.165, 1.54) is 5.57 Å². The topological polar surface area (TPSA) is 36.9 Å². The molecule has 0 amide bonds. The van der Waals surface area contributed by atoms with Crippen LogP contribution in [-0.4, -0.2) is 31.7 Å². The third kappa shape index (κ3) is 2.33. The molecule has 3 heterocycles. The van der Waals surface area contributed by atoms with Crippen molar-refractivity contribution in [3.05, 3.63) is 54.1 Å². The summed E-state index contributed by atoms with van der Waals surface area (Å²) in [6.07, 6.45) is 8.70. The van der Waals surface area contributed by atoms with Gasteiger partial charge in [0.05, 0.1) is 26.4 Å². The van der Waals surface area contributed by atoms with Crippen LogP contribution in [0.1, 0.15) is 38.2 Å². The lowest BCUT2D eigenvalue weighted by Crippen LogP contribution is -2.51. The smallest absolute Gasteiger partial charge is 0.168 e. The molecule has 0 aromatic heterocycles. The zero-order valence-corrected chi connectivity index (χ0v) is 16.2. The molecule has 5 aliphatic rings. The molecule has 6 rings (SSSR count). The van der Waals surface area contributed by atoms with Gasteiger partial charge in [0.2, 0.25) is 0 Å². The number of ether oxygens (including phenoxy) is 4. The number of hydrogen-bond acceptors (Lipinski definition) is 4. The molecule has 4 bridgehead atoms. The van der Waals surface area contributed by atoms with E-state index in [1.807, 2.05) is 12.1 Å². The highest BCUT2D eigenvalue weighted by atomic mass is 16.7. The van der Waals surface area contributed by atoms with E-state index >= 15 is 0 Å². The van der Waals surface area contributed by atoms with Crippen LogP contribution in [0.25, 0.3) is 0 Å². The van der Waals surface area contributed by atoms with E-state index in [4.69, 9.17) is 18.9 Å². The highest BCUT2D eigenvalue weighted by Gasteiger charge is 2.77. The van der Waals surface area contributed by atoms with Crippen LogP contribution in [0.5, 0.6) is 5.75 Å². The van der Waals surface area contributed by atoms with E-state index in [2.05, 4.69) is 37.8 Å². The van der Waals surface area contributed by atoms with Crippen molar-refractivity contribution in [2.45, 2.75) is 57.2 Å². The number of allylic oxidation sites excluding steroid dienone is 2. The minimum Gasteiger partial charge on any atom is -0.497 e. The van der Waals surface area contributed by atoms with Gasteiger partial charge in [-0.2, -0.15) is 0 Å². The van der Waals surface area contributed by atoms with Gasteiger partial charge in [-0.15, -0.1) is 0 Å². The highest BCUT2D eigenvalue weighted by Crippen LogP contribution is 2.73. The van der Waals surface area contributed by atoms with E-state index in [0.29, 0.717) is 19.3 Å². The summed E-state index contributed by atoms with van der Waals surface area (Å²) < 4.78 is 24.3. The van der Waals surface area contributed by atoms with Crippen LogP contribution in [0.15, 0.2) is 48.6 Å². The lowest BCUT2D eigenvalue weighted by molar-refractivity contribution is -0.262. The largest absolute Gasteiger partial charge is 0.497 e. The van der Waals surface area contributed by atoms with Gasteiger partial charge in [0.1, 0.15) is 11.4 Å². The number of benzene rings is 1. The highest BCUT2D eigenvalue weighted by molar-refractivity contribution is 5.33. The van der Waals surface area contributed by atoms with Crippen LogP contribution in [0.2, 0.25) is 0 Å². The third-order valence-electron chi connectivity index (χ3n) is 7.53. The maximum absolute atomic E-state index is 6.60. The molecule has 0 unspecified atom stereocenters. The quantitative estimate of drug-likeness (QED) is 0.772. The first-order valence-electron chi connectivity index (χ1n) is 9.91. The summed E-state index contributed by atoms with van der Waals surface area (Å²) in [5.41, 5.74) is 2.09. The predicted molar refractivity (Wildman–Crippen MR) is 102 cm³/mol. The van der Waals surface area contributed by atoms with Crippen LogP contribution in [-0.2, 0) is 20.8 Å². The van der Waals surface area contributed by atoms with E-state index in [0.717, 1.165) is 37.0 Å².